The summed E-state index contributed by atoms with van der Waals surface area (Å²) in [6, 6.07) is 3.27. The number of carboxylic acid groups (broad SMARTS) is 1. The first kappa shape index (κ1) is 10.6. The lowest BCUT2D eigenvalue weighted by molar-refractivity contribution is 0.0691. The number of ether oxygens (including phenoxy) is 1. The molecule has 0 atom stereocenters. The van der Waals surface area contributed by atoms with E-state index in [0.29, 0.717) is 12.3 Å². The monoisotopic (exact) mass is 220 g/mol. The smallest absolute Gasteiger partial charge is 0.354 e. The maximum absolute atomic E-state index is 10.8. The number of carbonyl (C=O) groups is 1. The fraction of sp³-hybridized carbons (Fsp3) is 0.273. The number of nitrogens with zero attached hydrogens (tertiary/aromatic N) is 2. The van der Waals surface area contributed by atoms with Gasteiger partial charge in [-0.05, 0) is 12.1 Å². The molecule has 2 aromatic rings. The molecule has 5 nitrogen and oxygen atoms in total. The topological polar surface area (TPSA) is 64.4 Å². The summed E-state index contributed by atoms with van der Waals surface area (Å²) in [5.41, 5.74) is 1.72. The van der Waals surface area contributed by atoms with Crippen molar-refractivity contribution in [3.63, 3.8) is 0 Å². The molecule has 0 amide bonds. The van der Waals surface area contributed by atoms with Crippen LogP contribution in [0.4, 0.5) is 0 Å². The molecule has 2 aromatic heterocycles. The lowest BCUT2D eigenvalue weighted by atomic mass is 10.2. The number of aromatic nitrogens is 2. The van der Waals surface area contributed by atoms with Crippen molar-refractivity contribution in [2.75, 3.05) is 7.11 Å². The van der Waals surface area contributed by atoms with E-state index in [9.17, 15) is 4.79 Å². The molecule has 0 unspecified atom stereocenters. The first-order valence-electron chi connectivity index (χ1n) is 4.80. The van der Waals surface area contributed by atoms with Gasteiger partial charge in [0.05, 0.1) is 6.61 Å². The Labute approximate surface area is 92.3 Å². The predicted molar refractivity (Wildman–Crippen MR) is 58.4 cm³/mol. The molecule has 84 valence electrons. The molecule has 0 aromatic carbocycles. The van der Waals surface area contributed by atoms with Crippen molar-refractivity contribution >= 4 is 17.0 Å². The van der Waals surface area contributed by atoms with E-state index in [0.717, 1.165) is 10.9 Å². The summed E-state index contributed by atoms with van der Waals surface area (Å²) >= 11 is 0. The number of pyridine rings is 1. The number of aromatic carboxylic acids is 1. The number of rotatable bonds is 3. The van der Waals surface area contributed by atoms with Crippen LogP contribution < -0.4 is 0 Å². The average Bonchev–Trinajstić information content (AvgIpc) is 2.56. The number of aryl methyl sites for hydroxylation is 1. The van der Waals surface area contributed by atoms with E-state index in [2.05, 4.69) is 4.98 Å². The number of hydrogen-bond acceptors (Lipinski definition) is 3. The van der Waals surface area contributed by atoms with Crippen LogP contribution in [0.1, 0.15) is 16.1 Å². The van der Waals surface area contributed by atoms with Crippen molar-refractivity contribution in [1.82, 2.24) is 9.55 Å². The number of fused-ring (bicyclic) bond motifs is 1. The molecule has 0 aliphatic rings. The van der Waals surface area contributed by atoms with Crippen LogP contribution in [0, 0.1) is 0 Å². The van der Waals surface area contributed by atoms with Crippen LogP contribution in [0.5, 0.6) is 0 Å². The highest BCUT2D eigenvalue weighted by molar-refractivity contribution is 5.90. The van der Waals surface area contributed by atoms with Crippen molar-refractivity contribution in [3.05, 3.63) is 29.6 Å². The van der Waals surface area contributed by atoms with Gasteiger partial charge in [-0.1, -0.05) is 0 Å². The van der Waals surface area contributed by atoms with Crippen LogP contribution in [0.3, 0.4) is 0 Å². The molecule has 0 spiro atoms. The molecule has 0 saturated heterocycles. The molecule has 16 heavy (non-hydrogen) atoms. The molecule has 0 aliphatic carbocycles. The van der Waals surface area contributed by atoms with Gasteiger partial charge in [-0.2, -0.15) is 0 Å². The molecule has 2 rings (SSSR count). The third-order valence-electron chi connectivity index (χ3n) is 2.42. The molecular formula is C11H12N2O3. The van der Waals surface area contributed by atoms with E-state index in [4.69, 9.17) is 9.84 Å². The zero-order valence-corrected chi connectivity index (χ0v) is 9.10. The van der Waals surface area contributed by atoms with Crippen molar-refractivity contribution < 1.29 is 14.6 Å². The third-order valence-corrected chi connectivity index (χ3v) is 2.42. The van der Waals surface area contributed by atoms with Gasteiger partial charge in [0, 0.05) is 31.3 Å². The standard InChI is InChI=1S/C11H12N2O3/c1-13-5-7(6-16-2)8-3-4-9(11(14)15)12-10(8)13/h3-5H,6H2,1-2H3,(H,14,15). The van der Waals surface area contributed by atoms with Gasteiger partial charge in [-0.25, -0.2) is 9.78 Å². The summed E-state index contributed by atoms with van der Waals surface area (Å²) in [4.78, 5) is 14.9. The van der Waals surface area contributed by atoms with Crippen molar-refractivity contribution in [2.24, 2.45) is 7.05 Å². The van der Waals surface area contributed by atoms with Crippen molar-refractivity contribution in [3.8, 4) is 0 Å². The predicted octanol–water partition coefficient (Wildman–Crippen LogP) is 1.42. The summed E-state index contributed by atoms with van der Waals surface area (Å²) in [5.74, 6) is -1.02. The van der Waals surface area contributed by atoms with Crippen LogP contribution in [0.25, 0.3) is 11.0 Å². The molecule has 2 heterocycles. The Bertz CT molecular complexity index is 545. The molecular weight excluding hydrogens is 208 g/mol. The summed E-state index contributed by atoms with van der Waals surface area (Å²) < 4.78 is 6.87. The second-order valence-electron chi connectivity index (χ2n) is 3.57. The highest BCUT2D eigenvalue weighted by Gasteiger charge is 2.11. The van der Waals surface area contributed by atoms with Crippen LogP contribution in [-0.4, -0.2) is 27.7 Å². The lowest BCUT2D eigenvalue weighted by Gasteiger charge is -1.98. The Morgan fingerprint density at radius 3 is 2.94 bits per heavy atom. The third kappa shape index (κ3) is 1.65. The van der Waals surface area contributed by atoms with Crippen molar-refractivity contribution in [2.45, 2.75) is 6.61 Å². The Morgan fingerprint density at radius 1 is 1.56 bits per heavy atom. The number of methoxy groups -OCH3 is 1. The molecule has 0 aliphatic heterocycles. The largest absolute Gasteiger partial charge is 0.477 e. The van der Waals surface area contributed by atoms with Crippen LogP contribution in [-0.2, 0) is 18.4 Å². The highest BCUT2D eigenvalue weighted by atomic mass is 16.5. The average molecular weight is 220 g/mol. The van der Waals surface area contributed by atoms with E-state index >= 15 is 0 Å². The van der Waals surface area contributed by atoms with Gasteiger partial charge in [-0.15, -0.1) is 0 Å². The highest BCUT2D eigenvalue weighted by Crippen LogP contribution is 2.20. The van der Waals surface area contributed by atoms with Crippen LogP contribution in [0.2, 0.25) is 0 Å². The normalized spacial score (nSPS) is 10.9. The molecule has 1 N–H and O–H groups in total. The van der Waals surface area contributed by atoms with Gasteiger partial charge in [0.1, 0.15) is 5.65 Å². The molecule has 5 heteroatoms. The van der Waals surface area contributed by atoms with E-state index in [1.165, 1.54) is 6.07 Å². The summed E-state index contributed by atoms with van der Waals surface area (Å²) in [5, 5.41) is 9.77. The molecule has 0 radical (unpaired) electrons. The van der Waals surface area contributed by atoms with Gasteiger partial charge < -0.3 is 14.4 Å². The second kappa shape index (κ2) is 3.94. The zero-order valence-electron chi connectivity index (χ0n) is 9.10. The van der Waals surface area contributed by atoms with Gasteiger partial charge in [0.25, 0.3) is 0 Å². The fourth-order valence-corrected chi connectivity index (χ4v) is 1.72. The van der Waals surface area contributed by atoms with Gasteiger partial charge in [-0.3, -0.25) is 0 Å². The number of carboxylic acids is 1. The minimum atomic E-state index is -1.02. The minimum Gasteiger partial charge on any atom is -0.477 e. The Kier molecular flexibility index (Phi) is 2.62. The Hall–Kier alpha value is -1.88. The Balaban J connectivity index is 2.61. The molecule has 0 bridgehead atoms. The first-order chi connectivity index (χ1) is 7.63. The van der Waals surface area contributed by atoms with Gasteiger partial charge >= 0.3 is 5.97 Å². The van der Waals surface area contributed by atoms with Gasteiger partial charge in [0.2, 0.25) is 0 Å². The van der Waals surface area contributed by atoms with E-state index in [-0.39, 0.29) is 5.69 Å². The molecule has 0 saturated carbocycles. The van der Waals surface area contributed by atoms with Crippen LogP contribution >= 0.6 is 0 Å². The zero-order chi connectivity index (χ0) is 11.7. The minimum absolute atomic E-state index is 0.0534. The van der Waals surface area contributed by atoms with Crippen LogP contribution in [0.15, 0.2) is 18.3 Å². The number of hydrogen-bond donors (Lipinski definition) is 1. The summed E-state index contributed by atoms with van der Waals surface area (Å²) in [7, 11) is 3.46. The maximum atomic E-state index is 10.8. The van der Waals surface area contributed by atoms with E-state index in [1.807, 2.05) is 13.2 Å². The SMILES string of the molecule is COCc1cn(C)c2nc(C(=O)O)ccc12. The van der Waals surface area contributed by atoms with E-state index < -0.39 is 5.97 Å². The molecule has 0 fully saturated rings. The summed E-state index contributed by atoms with van der Waals surface area (Å²) in [6.45, 7) is 0.492. The fourth-order valence-electron chi connectivity index (χ4n) is 1.72. The van der Waals surface area contributed by atoms with E-state index in [1.54, 1.807) is 17.7 Å². The summed E-state index contributed by atoms with van der Waals surface area (Å²) in [6.07, 6.45) is 1.90. The second-order valence-corrected chi connectivity index (χ2v) is 3.57. The Morgan fingerprint density at radius 2 is 2.31 bits per heavy atom. The first-order valence-corrected chi connectivity index (χ1v) is 4.80. The quantitative estimate of drug-likeness (QED) is 0.849. The lowest BCUT2D eigenvalue weighted by Crippen LogP contribution is -2.01. The van der Waals surface area contributed by atoms with Gasteiger partial charge in [0.15, 0.2) is 5.69 Å². The maximum Gasteiger partial charge on any atom is 0.354 e. The van der Waals surface area contributed by atoms with Crippen molar-refractivity contribution in [1.29, 1.82) is 0 Å².